The lowest BCUT2D eigenvalue weighted by Gasteiger charge is -2.42. The zero-order valence-corrected chi connectivity index (χ0v) is 21.4. The van der Waals surface area contributed by atoms with Crippen LogP contribution in [-0.4, -0.2) is 69.2 Å². The Morgan fingerprint density at radius 1 is 1.08 bits per heavy atom. The van der Waals surface area contributed by atoms with E-state index < -0.39 is 0 Å². The van der Waals surface area contributed by atoms with Crippen molar-refractivity contribution in [2.45, 2.75) is 19.6 Å². The molecule has 0 bridgehead atoms. The van der Waals surface area contributed by atoms with Gasteiger partial charge in [0.2, 0.25) is 0 Å². The number of anilines is 1. The molecule has 37 heavy (non-hydrogen) atoms. The lowest BCUT2D eigenvalue weighted by molar-refractivity contribution is 0.0336. The molecule has 2 aliphatic rings. The number of nitriles is 1. The molecular weight excluding hydrogens is 462 g/mol. The Labute approximate surface area is 217 Å². The topological polar surface area (TPSA) is 86.1 Å². The molecule has 0 radical (unpaired) electrons. The van der Waals surface area contributed by atoms with Crippen molar-refractivity contribution in [3.05, 3.63) is 72.2 Å². The van der Waals surface area contributed by atoms with Gasteiger partial charge in [0.15, 0.2) is 5.82 Å². The van der Waals surface area contributed by atoms with E-state index in [1.165, 1.54) is 11.3 Å². The molecule has 8 heteroatoms. The molecule has 6 rings (SSSR count). The fraction of sp³-hybridized carbons (Fsp3) is 0.345. The maximum Gasteiger partial charge on any atom is 0.185 e. The zero-order valence-electron chi connectivity index (χ0n) is 21.4. The van der Waals surface area contributed by atoms with Gasteiger partial charge in [-0.15, -0.1) is 10.2 Å². The Kier molecular flexibility index (Phi) is 5.82. The van der Waals surface area contributed by atoms with E-state index in [9.17, 15) is 5.11 Å². The average Bonchev–Trinajstić information content (AvgIpc) is 3.51. The second kappa shape index (κ2) is 9.18. The van der Waals surface area contributed by atoms with Crippen LogP contribution >= 0.6 is 0 Å². The summed E-state index contributed by atoms with van der Waals surface area (Å²) in [7, 11) is 4.13. The second-order valence-electron chi connectivity index (χ2n) is 10.7. The van der Waals surface area contributed by atoms with Crippen LogP contribution in [0.5, 0.6) is 0 Å². The van der Waals surface area contributed by atoms with Gasteiger partial charge in [-0.25, -0.2) is 0 Å². The summed E-state index contributed by atoms with van der Waals surface area (Å²) >= 11 is 0. The fourth-order valence-corrected chi connectivity index (χ4v) is 5.85. The molecule has 8 nitrogen and oxygen atoms in total. The molecule has 0 aliphatic carbocycles. The van der Waals surface area contributed by atoms with Gasteiger partial charge in [-0.2, -0.15) is 5.26 Å². The van der Waals surface area contributed by atoms with Crippen molar-refractivity contribution in [2.75, 3.05) is 38.6 Å². The maximum atomic E-state index is 10.8. The summed E-state index contributed by atoms with van der Waals surface area (Å²) < 4.78 is 4.30. The Balaban J connectivity index is 1.37. The van der Waals surface area contributed by atoms with E-state index in [0.717, 1.165) is 48.0 Å². The molecule has 0 saturated carbocycles. The third-order valence-corrected chi connectivity index (χ3v) is 7.68. The molecule has 2 aromatic carbocycles. The monoisotopic (exact) mass is 493 g/mol. The molecule has 1 saturated heterocycles. The van der Waals surface area contributed by atoms with E-state index >= 15 is 0 Å². The lowest BCUT2D eigenvalue weighted by Crippen LogP contribution is -2.51. The number of hydrogen-bond donors (Lipinski definition) is 1. The normalized spacial score (nSPS) is 20.6. The lowest BCUT2D eigenvalue weighted by atomic mass is 9.86. The predicted octanol–water partition coefficient (Wildman–Crippen LogP) is 3.63. The third kappa shape index (κ3) is 4.20. The van der Waals surface area contributed by atoms with Gasteiger partial charge < -0.3 is 19.5 Å². The standard InChI is InChI=1S/C29H31N7O/c1-19-13-34(17-24(28(19)37)14-33(2)3)25-8-9-26-23(10-25)16-35-15-22(21-6-4-20(12-30)5-7-21)11-27(35)29-32-31-18-36(26)29/h4-11,15,18-19,24,28,37H,13-14,16-17H2,1-3H3/t19?,24-,28-/m0/s1. The average molecular weight is 494 g/mol. The van der Waals surface area contributed by atoms with Crippen molar-refractivity contribution < 1.29 is 5.11 Å². The van der Waals surface area contributed by atoms with Crippen molar-refractivity contribution in [2.24, 2.45) is 11.8 Å². The number of benzene rings is 2. The summed E-state index contributed by atoms with van der Waals surface area (Å²) in [6.45, 7) is 5.38. The van der Waals surface area contributed by atoms with Crippen LogP contribution in [0.4, 0.5) is 5.69 Å². The van der Waals surface area contributed by atoms with Crippen molar-refractivity contribution in [1.29, 1.82) is 5.26 Å². The first kappa shape index (κ1) is 23.5. The van der Waals surface area contributed by atoms with Crippen LogP contribution in [0.3, 0.4) is 0 Å². The van der Waals surface area contributed by atoms with E-state index in [4.69, 9.17) is 5.26 Å². The maximum absolute atomic E-state index is 10.8. The summed E-state index contributed by atoms with van der Waals surface area (Å²) in [6.07, 6.45) is 3.65. The molecular formula is C29H31N7O. The van der Waals surface area contributed by atoms with Gasteiger partial charge in [-0.1, -0.05) is 19.1 Å². The number of hydrogen-bond acceptors (Lipinski definition) is 6. The van der Waals surface area contributed by atoms with E-state index in [2.05, 4.69) is 86.7 Å². The Hall–Kier alpha value is -3.93. The molecule has 2 aromatic heterocycles. The second-order valence-corrected chi connectivity index (χ2v) is 10.7. The van der Waals surface area contributed by atoms with Crippen LogP contribution in [0.25, 0.3) is 28.3 Å². The molecule has 3 atom stereocenters. The first-order valence-electron chi connectivity index (χ1n) is 12.7. The minimum absolute atomic E-state index is 0.202. The number of aliphatic hydroxyl groups is 1. The number of piperidine rings is 1. The van der Waals surface area contributed by atoms with E-state index in [0.29, 0.717) is 12.1 Å². The molecule has 2 aliphatic heterocycles. The molecule has 0 spiro atoms. The smallest absolute Gasteiger partial charge is 0.185 e. The van der Waals surface area contributed by atoms with Crippen LogP contribution < -0.4 is 4.90 Å². The van der Waals surface area contributed by atoms with Crippen molar-refractivity contribution in [1.82, 2.24) is 24.2 Å². The first-order chi connectivity index (χ1) is 17.9. The number of aliphatic hydroxyl groups excluding tert-OH is 1. The molecule has 4 heterocycles. The van der Waals surface area contributed by atoms with E-state index in [1.54, 1.807) is 6.33 Å². The molecule has 4 aromatic rings. The van der Waals surface area contributed by atoms with Gasteiger partial charge in [-0.3, -0.25) is 4.57 Å². The summed E-state index contributed by atoms with van der Waals surface area (Å²) in [6, 6.07) is 18.6. The van der Waals surface area contributed by atoms with Crippen molar-refractivity contribution in [3.8, 4) is 34.4 Å². The largest absolute Gasteiger partial charge is 0.392 e. The van der Waals surface area contributed by atoms with Crippen LogP contribution in [0.1, 0.15) is 18.1 Å². The highest BCUT2D eigenvalue weighted by molar-refractivity contribution is 5.72. The molecule has 188 valence electrons. The Morgan fingerprint density at radius 3 is 2.65 bits per heavy atom. The molecule has 1 fully saturated rings. The van der Waals surface area contributed by atoms with Gasteiger partial charge in [0.05, 0.1) is 29.1 Å². The zero-order chi connectivity index (χ0) is 25.7. The number of nitrogens with zero attached hydrogens (tertiary/aromatic N) is 7. The highest BCUT2D eigenvalue weighted by Gasteiger charge is 2.34. The quantitative estimate of drug-likeness (QED) is 0.412. The third-order valence-electron chi connectivity index (χ3n) is 7.68. The highest BCUT2D eigenvalue weighted by atomic mass is 16.3. The summed E-state index contributed by atoms with van der Waals surface area (Å²) in [4.78, 5) is 4.58. The summed E-state index contributed by atoms with van der Waals surface area (Å²) in [5.41, 5.74) is 7.27. The van der Waals surface area contributed by atoms with E-state index in [-0.39, 0.29) is 17.9 Å². The number of rotatable bonds is 4. The predicted molar refractivity (Wildman–Crippen MR) is 143 cm³/mol. The first-order valence-corrected chi connectivity index (χ1v) is 12.7. The Bertz CT molecular complexity index is 1480. The van der Waals surface area contributed by atoms with Crippen molar-refractivity contribution >= 4 is 5.69 Å². The Morgan fingerprint density at radius 2 is 1.89 bits per heavy atom. The van der Waals surface area contributed by atoms with Crippen LogP contribution in [0.2, 0.25) is 0 Å². The highest BCUT2D eigenvalue weighted by Crippen LogP contribution is 2.36. The number of aromatic nitrogens is 4. The van der Waals surface area contributed by atoms with Gasteiger partial charge in [0.25, 0.3) is 0 Å². The minimum atomic E-state index is -0.290. The number of fused-ring (bicyclic) bond motifs is 5. The SMILES string of the molecule is CC1CN(c2ccc3c(c2)Cn2cc(-c4ccc(C#N)cc4)cc2-c2nncn2-3)C[C@H](CN(C)C)[C@H]1O. The van der Waals surface area contributed by atoms with Gasteiger partial charge in [0.1, 0.15) is 6.33 Å². The summed E-state index contributed by atoms with van der Waals surface area (Å²) in [5.74, 6) is 1.22. The summed E-state index contributed by atoms with van der Waals surface area (Å²) in [5, 5.41) is 28.7. The van der Waals surface area contributed by atoms with Crippen LogP contribution in [0, 0.1) is 23.2 Å². The minimum Gasteiger partial charge on any atom is -0.392 e. The fourth-order valence-electron chi connectivity index (χ4n) is 5.85. The molecule has 1 unspecified atom stereocenters. The van der Waals surface area contributed by atoms with Crippen LogP contribution in [-0.2, 0) is 6.54 Å². The van der Waals surface area contributed by atoms with Gasteiger partial charge in [-0.05, 0) is 67.5 Å². The molecule has 1 N–H and O–H groups in total. The van der Waals surface area contributed by atoms with E-state index in [1.807, 2.05) is 24.3 Å². The van der Waals surface area contributed by atoms with Gasteiger partial charge >= 0.3 is 0 Å². The van der Waals surface area contributed by atoms with Gasteiger partial charge in [0, 0.05) is 49.5 Å². The van der Waals surface area contributed by atoms with Crippen molar-refractivity contribution in [3.63, 3.8) is 0 Å². The molecule has 0 amide bonds. The van der Waals surface area contributed by atoms with Crippen LogP contribution in [0.15, 0.2) is 61.1 Å².